The monoisotopic (exact) mass is 429 g/mol. The van der Waals surface area contributed by atoms with Crippen molar-refractivity contribution in [1.29, 1.82) is 0 Å². The average Bonchev–Trinajstić information content (AvgIpc) is 3.28. The molecule has 1 aliphatic rings. The van der Waals surface area contributed by atoms with Gasteiger partial charge < -0.3 is 30.5 Å². The van der Waals surface area contributed by atoms with Gasteiger partial charge in [0.25, 0.3) is 0 Å². The van der Waals surface area contributed by atoms with Crippen LogP contribution in [0.2, 0.25) is 0 Å². The Morgan fingerprint density at radius 3 is 2.87 bits per heavy atom. The topological polar surface area (TPSA) is 101 Å². The van der Waals surface area contributed by atoms with E-state index in [-0.39, 0.29) is 12.6 Å². The van der Waals surface area contributed by atoms with Gasteiger partial charge in [-0.1, -0.05) is 25.5 Å². The number of nitrogens with zero attached hydrogens (tertiary/aromatic N) is 2. The fourth-order valence-corrected chi connectivity index (χ4v) is 3.40. The second-order valence-electron chi connectivity index (χ2n) is 7.90. The molecule has 0 saturated carbocycles. The van der Waals surface area contributed by atoms with Gasteiger partial charge in [0.05, 0.1) is 12.6 Å². The molecule has 0 radical (unpaired) electrons. The largest absolute Gasteiger partial charge is 0.491 e. The molecule has 1 aromatic heterocycles. The van der Waals surface area contributed by atoms with Crippen LogP contribution in [0.25, 0.3) is 11.4 Å². The highest BCUT2D eigenvalue weighted by molar-refractivity contribution is 5.66. The molecule has 8 nitrogen and oxygen atoms in total. The lowest BCUT2D eigenvalue weighted by Gasteiger charge is -2.18. The molecule has 0 amide bonds. The smallest absolute Gasteiger partial charge is 0.164 e. The van der Waals surface area contributed by atoms with Gasteiger partial charge in [0.2, 0.25) is 0 Å². The van der Waals surface area contributed by atoms with Gasteiger partial charge in [-0.15, -0.1) is 0 Å². The van der Waals surface area contributed by atoms with E-state index in [2.05, 4.69) is 22.9 Å². The molecule has 1 saturated heterocycles. The molecule has 1 aromatic carbocycles. The van der Waals surface area contributed by atoms with Crippen LogP contribution in [-0.4, -0.2) is 67.2 Å². The fourth-order valence-electron chi connectivity index (χ4n) is 3.40. The molecule has 1 unspecified atom stereocenters. The van der Waals surface area contributed by atoms with E-state index in [0.29, 0.717) is 24.7 Å². The number of hydrogen-bond donors (Lipinski definition) is 4. The summed E-state index contributed by atoms with van der Waals surface area (Å²) in [5.41, 5.74) is 1.87. The summed E-state index contributed by atoms with van der Waals surface area (Å²) in [4.78, 5) is 9.63. The van der Waals surface area contributed by atoms with E-state index in [0.717, 1.165) is 55.2 Å². The molecule has 1 fully saturated rings. The quantitative estimate of drug-likeness (QED) is 0.382. The Labute approximate surface area is 184 Å². The Morgan fingerprint density at radius 1 is 1.29 bits per heavy atom. The summed E-state index contributed by atoms with van der Waals surface area (Å²) in [6, 6.07) is 7.93. The zero-order chi connectivity index (χ0) is 22.1. The fraction of sp³-hybridized carbons (Fsp3) is 0.565. The predicted molar refractivity (Wildman–Crippen MR) is 124 cm³/mol. The molecular formula is C23H35N5O3. The van der Waals surface area contributed by atoms with Crippen molar-refractivity contribution in [3.05, 3.63) is 29.8 Å². The number of ether oxygens (including phenoxy) is 2. The molecule has 8 heteroatoms. The highest BCUT2D eigenvalue weighted by Crippen LogP contribution is 2.28. The van der Waals surface area contributed by atoms with Crippen LogP contribution >= 0.6 is 0 Å². The lowest BCUT2D eigenvalue weighted by Crippen LogP contribution is -2.29. The van der Waals surface area contributed by atoms with E-state index >= 15 is 0 Å². The second kappa shape index (κ2) is 11.8. The maximum atomic E-state index is 9.90. The first-order valence-corrected chi connectivity index (χ1v) is 11.1. The number of aliphatic hydroxyl groups excluding tert-OH is 1. The van der Waals surface area contributed by atoms with Crippen molar-refractivity contribution in [1.82, 2.24) is 15.3 Å². The number of nitrogens with one attached hydrogen (secondary N) is 3. The van der Waals surface area contributed by atoms with Gasteiger partial charge in [0, 0.05) is 30.8 Å². The van der Waals surface area contributed by atoms with E-state index in [1.807, 2.05) is 31.2 Å². The van der Waals surface area contributed by atoms with Crippen molar-refractivity contribution in [2.75, 3.05) is 50.6 Å². The number of unbranched alkanes of at least 4 members (excludes halogenated alkanes) is 1. The molecule has 0 aliphatic carbocycles. The van der Waals surface area contributed by atoms with Crippen molar-refractivity contribution >= 4 is 11.6 Å². The van der Waals surface area contributed by atoms with Gasteiger partial charge in [0.1, 0.15) is 30.1 Å². The van der Waals surface area contributed by atoms with Crippen LogP contribution in [0.4, 0.5) is 11.6 Å². The zero-order valence-corrected chi connectivity index (χ0v) is 18.8. The van der Waals surface area contributed by atoms with Crippen LogP contribution in [0.1, 0.15) is 31.7 Å². The van der Waals surface area contributed by atoms with Crippen molar-refractivity contribution in [3.63, 3.8) is 0 Å². The molecule has 1 aliphatic heterocycles. The van der Waals surface area contributed by atoms with Gasteiger partial charge in [-0.2, -0.15) is 0 Å². The lowest BCUT2D eigenvalue weighted by molar-refractivity contribution is 0.108. The number of rotatable bonds is 12. The van der Waals surface area contributed by atoms with E-state index in [1.165, 1.54) is 0 Å². The molecule has 3 rings (SSSR count). The number of aliphatic hydroxyl groups is 1. The number of likely N-dealkylation sites (N-methyl/N-ethyl adjacent to an activating group) is 1. The molecule has 0 spiro atoms. The highest BCUT2D eigenvalue weighted by atomic mass is 16.5. The summed E-state index contributed by atoms with van der Waals surface area (Å²) in [7, 11) is 1.80. The van der Waals surface area contributed by atoms with Gasteiger partial charge >= 0.3 is 0 Å². The Hall–Kier alpha value is -2.42. The van der Waals surface area contributed by atoms with E-state index in [9.17, 15) is 5.11 Å². The predicted octanol–water partition coefficient (Wildman–Crippen LogP) is 2.82. The van der Waals surface area contributed by atoms with E-state index in [4.69, 9.17) is 19.4 Å². The molecule has 4 N–H and O–H groups in total. The summed E-state index contributed by atoms with van der Waals surface area (Å²) in [5.74, 6) is 2.98. The number of benzene rings is 1. The third-order valence-electron chi connectivity index (χ3n) is 5.21. The standard InChI is InChI=1S/C23H35N5O3/c1-4-5-10-25-21-16(2)22(26-18-9-11-30-14-18)28-23(27-21)17-7-6-8-20(12-17)31-15-19(29)13-24-3/h6-8,12,18-19,24,29H,4-5,9-11,13-15H2,1-3H3,(H2,25,26,27,28)/t18-,19?/m1/s1. The van der Waals surface area contributed by atoms with Gasteiger partial charge in [-0.05, 0) is 38.9 Å². The molecular weight excluding hydrogens is 394 g/mol. The van der Waals surface area contributed by atoms with Crippen molar-refractivity contribution in [2.24, 2.45) is 0 Å². The number of hydrogen-bond acceptors (Lipinski definition) is 8. The first kappa shape index (κ1) is 23.2. The maximum Gasteiger partial charge on any atom is 0.164 e. The lowest BCUT2D eigenvalue weighted by atomic mass is 10.1. The first-order valence-electron chi connectivity index (χ1n) is 11.1. The Morgan fingerprint density at radius 2 is 2.13 bits per heavy atom. The van der Waals surface area contributed by atoms with Gasteiger partial charge in [-0.3, -0.25) is 0 Å². The molecule has 2 heterocycles. The molecule has 2 aromatic rings. The number of anilines is 2. The SMILES string of the molecule is CCCCNc1nc(-c2cccc(OCC(O)CNC)c2)nc(N[C@@H]2CCOC2)c1C. The van der Waals surface area contributed by atoms with Crippen LogP contribution in [0, 0.1) is 6.92 Å². The minimum atomic E-state index is -0.567. The van der Waals surface area contributed by atoms with Crippen molar-refractivity contribution in [2.45, 2.75) is 45.3 Å². The maximum absolute atomic E-state index is 9.90. The van der Waals surface area contributed by atoms with Crippen LogP contribution in [0.5, 0.6) is 5.75 Å². The Bertz CT molecular complexity index is 827. The van der Waals surface area contributed by atoms with Crippen LogP contribution in [0.15, 0.2) is 24.3 Å². The minimum Gasteiger partial charge on any atom is -0.491 e. The normalized spacial score (nSPS) is 16.8. The minimum absolute atomic E-state index is 0.220. The van der Waals surface area contributed by atoms with Crippen LogP contribution in [-0.2, 0) is 4.74 Å². The number of aromatic nitrogens is 2. The zero-order valence-electron chi connectivity index (χ0n) is 18.8. The Balaban J connectivity index is 1.84. The second-order valence-corrected chi connectivity index (χ2v) is 7.90. The van der Waals surface area contributed by atoms with Crippen LogP contribution < -0.4 is 20.7 Å². The first-order chi connectivity index (χ1) is 15.1. The van der Waals surface area contributed by atoms with E-state index < -0.39 is 6.10 Å². The molecule has 31 heavy (non-hydrogen) atoms. The third-order valence-corrected chi connectivity index (χ3v) is 5.21. The summed E-state index contributed by atoms with van der Waals surface area (Å²) in [6.07, 6.45) is 2.60. The van der Waals surface area contributed by atoms with Gasteiger partial charge in [-0.25, -0.2) is 9.97 Å². The molecule has 2 atom stereocenters. The summed E-state index contributed by atoms with van der Waals surface area (Å²) >= 11 is 0. The summed E-state index contributed by atoms with van der Waals surface area (Å²) in [6.45, 7) is 7.24. The van der Waals surface area contributed by atoms with Crippen molar-refractivity contribution in [3.8, 4) is 17.1 Å². The molecule has 170 valence electrons. The van der Waals surface area contributed by atoms with E-state index in [1.54, 1.807) is 7.05 Å². The Kier molecular flexibility index (Phi) is 8.87. The average molecular weight is 430 g/mol. The summed E-state index contributed by atoms with van der Waals surface area (Å²) in [5, 5.41) is 19.8. The van der Waals surface area contributed by atoms with Crippen LogP contribution in [0.3, 0.4) is 0 Å². The van der Waals surface area contributed by atoms with Crippen molar-refractivity contribution < 1.29 is 14.6 Å². The molecule has 0 bridgehead atoms. The van der Waals surface area contributed by atoms with Gasteiger partial charge in [0.15, 0.2) is 5.82 Å². The summed E-state index contributed by atoms with van der Waals surface area (Å²) < 4.78 is 11.3. The third kappa shape index (κ3) is 6.78. The highest BCUT2D eigenvalue weighted by Gasteiger charge is 2.19.